The van der Waals surface area contributed by atoms with Gasteiger partial charge in [-0.05, 0) is 24.8 Å². The van der Waals surface area contributed by atoms with E-state index < -0.39 is 6.10 Å². The maximum absolute atomic E-state index is 10.2. The number of hydrogen-bond donors (Lipinski definition) is 1. The van der Waals surface area contributed by atoms with Crippen LogP contribution in [0.1, 0.15) is 38.5 Å². The van der Waals surface area contributed by atoms with Crippen LogP contribution in [0.4, 0.5) is 0 Å². The van der Waals surface area contributed by atoms with Crippen molar-refractivity contribution in [2.45, 2.75) is 39.3 Å². The van der Waals surface area contributed by atoms with Gasteiger partial charge in [-0.25, -0.2) is 0 Å². The van der Waals surface area contributed by atoms with Crippen molar-refractivity contribution in [1.29, 1.82) is 0 Å². The first kappa shape index (κ1) is 13.2. The van der Waals surface area contributed by atoms with Crippen LogP contribution < -0.4 is 0 Å². The number of nitrogens with zero attached hydrogens (tertiary/aromatic N) is 2. The molecule has 0 aliphatic heterocycles. The van der Waals surface area contributed by atoms with Crippen molar-refractivity contribution in [3.05, 3.63) is 18.0 Å². The summed E-state index contributed by atoms with van der Waals surface area (Å²) in [5.74, 6) is 0.187. The SMILES string of the molecule is CCCn1nccc1C(O)C(C)CCOC. The Bertz CT molecular complexity index is 299. The normalized spacial score (nSPS) is 15.0. The maximum atomic E-state index is 10.2. The van der Waals surface area contributed by atoms with Crippen LogP contribution in [0.15, 0.2) is 12.3 Å². The van der Waals surface area contributed by atoms with Gasteiger partial charge in [-0.1, -0.05) is 13.8 Å². The Kier molecular flexibility index (Phi) is 5.49. The molecular formula is C12H22N2O2. The third kappa shape index (κ3) is 3.32. The van der Waals surface area contributed by atoms with E-state index in [1.165, 1.54) is 0 Å². The van der Waals surface area contributed by atoms with Gasteiger partial charge in [-0.15, -0.1) is 0 Å². The Morgan fingerprint density at radius 1 is 1.56 bits per heavy atom. The number of aliphatic hydroxyl groups excluding tert-OH is 1. The van der Waals surface area contributed by atoms with Crippen LogP contribution in [0.2, 0.25) is 0 Å². The number of aromatic nitrogens is 2. The van der Waals surface area contributed by atoms with Crippen LogP contribution in [0.25, 0.3) is 0 Å². The predicted octanol–water partition coefficient (Wildman–Crippen LogP) is 2.00. The average molecular weight is 226 g/mol. The molecule has 0 fully saturated rings. The van der Waals surface area contributed by atoms with Gasteiger partial charge in [-0.2, -0.15) is 5.10 Å². The van der Waals surface area contributed by atoms with E-state index in [9.17, 15) is 5.11 Å². The second-order valence-corrected chi connectivity index (χ2v) is 4.18. The zero-order valence-corrected chi connectivity index (χ0v) is 10.4. The highest BCUT2D eigenvalue weighted by atomic mass is 16.5. The minimum atomic E-state index is -0.454. The first-order valence-corrected chi connectivity index (χ1v) is 5.89. The molecule has 0 aliphatic rings. The van der Waals surface area contributed by atoms with Crippen molar-refractivity contribution in [3.8, 4) is 0 Å². The van der Waals surface area contributed by atoms with Crippen molar-refractivity contribution in [2.75, 3.05) is 13.7 Å². The fourth-order valence-corrected chi connectivity index (χ4v) is 1.75. The fourth-order valence-electron chi connectivity index (χ4n) is 1.75. The van der Waals surface area contributed by atoms with Crippen LogP contribution in [0.5, 0.6) is 0 Å². The summed E-state index contributed by atoms with van der Waals surface area (Å²) >= 11 is 0. The molecule has 1 aromatic rings. The van der Waals surface area contributed by atoms with Crippen LogP contribution in [-0.4, -0.2) is 28.6 Å². The molecule has 0 aliphatic carbocycles. The standard InChI is InChI=1S/C12H22N2O2/c1-4-8-14-11(5-7-13-14)12(15)10(2)6-9-16-3/h5,7,10,12,15H,4,6,8-9H2,1-3H3. The van der Waals surface area contributed by atoms with Gasteiger partial charge in [0.1, 0.15) is 0 Å². The summed E-state index contributed by atoms with van der Waals surface area (Å²) < 4.78 is 6.91. The highest BCUT2D eigenvalue weighted by molar-refractivity contribution is 5.05. The molecular weight excluding hydrogens is 204 g/mol. The van der Waals surface area contributed by atoms with E-state index in [4.69, 9.17) is 4.74 Å². The Morgan fingerprint density at radius 2 is 2.31 bits per heavy atom. The van der Waals surface area contributed by atoms with Crippen molar-refractivity contribution in [2.24, 2.45) is 5.92 Å². The van der Waals surface area contributed by atoms with Crippen molar-refractivity contribution in [3.63, 3.8) is 0 Å². The Balaban J connectivity index is 2.63. The molecule has 1 aromatic heterocycles. The zero-order valence-electron chi connectivity index (χ0n) is 10.4. The predicted molar refractivity (Wildman–Crippen MR) is 63.1 cm³/mol. The first-order valence-electron chi connectivity index (χ1n) is 5.89. The minimum Gasteiger partial charge on any atom is -0.387 e. The first-order chi connectivity index (χ1) is 7.70. The molecule has 0 saturated heterocycles. The summed E-state index contributed by atoms with van der Waals surface area (Å²) in [5, 5.41) is 14.4. The summed E-state index contributed by atoms with van der Waals surface area (Å²) in [4.78, 5) is 0. The van der Waals surface area contributed by atoms with E-state index in [2.05, 4.69) is 12.0 Å². The number of methoxy groups -OCH3 is 1. The van der Waals surface area contributed by atoms with Crippen LogP contribution >= 0.6 is 0 Å². The van der Waals surface area contributed by atoms with Crippen molar-refractivity contribution >= 4 is 0 Å². The third-order valence-corrected chi connectivity index (χ3v) is 2.80. The quantitative estimate of drug-likeness (QED) is 0.773. The number of aliphatic hydroxyl groups is 1. The maximum Gasteiger partial charge on any atom is 0.0982 e. The Labute approximate surface area is 97.2 Å². The van der Waals surface area contributed by atoms with E-state index in [0.29, 0.717) is 6.61 Å². The van der Waals surface area contributed by atoms with Gasteiger partial charge in [0, 0.05) is 26.5 Å². The molecule has 0 aromatic carbocycles. The molecule has 1 heterocycles. The van der Waals surface area contributed by atoms with Gasteiger partial charge in [0.25, 0.3) is 0 Å². The molecule has 0 amide bonds. The van der Waals surface area contributed by atoms with Crippen LogP contribution in [0.3, 0.4) is 0 Å². The van der Waals surface area contributed by atoms with Gasteiger partial charge in [0.05, 0.1) is 11.8 Å². The summed E-state index contributed by atoms with van der Waals surface area (Å²) in [6, 6.07) is 1.89. The molecule has 92 valence electrons. The molecule has 0 saturated carbocycles. The second-order valence-electron chi connectivity index (χ2n) is 4.18. The summed E-state index contributed by atoms with van der Waals surface area (Å²) in [6.07, 6.45) is 3.17. The lowest BCUT2D eigenvalue weighted by Gasteiger charge is -2.19. The van der Waals surface area contributed by atoms with E-state index in [-0.39, 0.29) is 5.92 Å². The molecule has 0 bridgehead atoms. The molecule has 4 heteroatoms. The number of ether oxygens (including phenoxy) is 1. The molecule has 1 rings (SSSR count). The fraction of sp³-hybridized carbons (Fsp3) is 0.750. The third-order valence-electron chi connectivity index (χ3n) is 2.80. The Hall–Kier alpha value is -0.870. The summed E-state index contributed by atoms with van der Waals surface area (Å²) in [5.41, 5.74) is 0.908. The van der Waals surface area contributed by atoms with E-state index in [1.54, 1.807) is 13.3 Å². The van der Waals surface area contributed by atoms with Crippen molar-refractivity contribution < 1.29 is 9.84 Å². The van der Waals surface area contributed by atoms with Gasteiger partial charge in [0.15, 0.2) is 0 Å². The molecule has 16 heavy (non-hydrogen) atoms. The largest absolute Gasteiger partial charge is 0.387 e. The zero-order chi connectivity index (χ0) is 12.0. The highest BCUT2D eigenvalue weighted by Crippen LogP contribution is 2.24. The smallest absolute Gasteiger partial charge is 0.0982 e. The summed E-state index contributed by atoms with van der Waals surface area (Å²) in [6.45, 7) is 5.68. The van der Waals surface area contributed by atoms with Gasteiger partial charge in [-0.3, -0.25) is 4.68 Å². The molecule has 0 spiro atoms. The lowest BCUT2D eigenvalue weighted by Crippen LogP contribution is -2.16. The van der Waals surface area contributed by atoms with Gasteiger partial charge < -0.3 is 9.84 Å². The monoisotopic (exact) mass is 226 g/mol. The van der Waals surface area contributed by atoms with E-state index in [0.717, 1.165) is 25.1 Å². The lowest BCUT2D eigenvalue weighted by molar-refractivity contribution is 0.0815. The number of aryl methyl sites for hydroxylation is 1. The van der Waals surface area contributed by atoms with Crippen molar-refractivity contribution in [1.82, 2.24) is 9.78 Å². The highest BCUT2D eigenvalue weighted by Gasteiger charge is 2.19. The lowest BCUT2D eigenvalue weighted by atomic mass is 9.99. The molecule has 4 nitrogen and oxygen atoms in total. The molecule has 1 N–H and O–H groups in total. The average Bonchev–Trinajstić information content (AvgIpc) is 2.73. The molecule has 0 radical (unpaired) electrons. The number of rotatable bonds is 7. The van der Waals surface area contributed by atoms with Crippen LogP contribution in [0, 0.1) is 5.92 Å². The Morgan fingerprint density at radius 3 is 2.94 bits per heavy atom. The minimum absolute atomic E-state index is 0.187. The second kappa shape index (κ2) is 6.66. The number of hydrogen-bond acceptors (Lipinski definition) is 3. The van der Waals surface area contributed by atoms with E-state index >= 15 is 0 Å². The van der Waals surface area contributed by atoms with E-state index in [1.807, 2.05) is 17.7 Å². The van der Waals surface area contributed by atoms with Crippen LogP contribution in [-0.2, 0) is 11.3 Å². The summed E-state index contributed by atoms with van der Waals surface area (Å²) in [7, 11) is 1.68. The molecule has 2 unspecified atom stereocenters. The van der Waals surface area contributed by atoms with Gasteiger partial charge in [0.2, 0.25) is 0 Å². The molecule has 2 atom stereocenters. The topological polar surface area (TPSA) is 47.3 Å². The van der Waals surface area contributed by atoms with Gasteiger partial charge >= 0.3 is 0 Å².